The second kappa shape index (κ2) is 11.5. The lowest BCUT2D eigenvalue weighted by molar-refractivity contribution is -0.151. The number of benzene rings is 3. The second-order valence-corrected chi connectivity index (χ2v) is 9.22. The van der Waals surface area contributed by atoms with Crippen molar-refractivity contribution in [2.75, 3.05) is 30.5 Å². The van der Waals surface area contributed by atoms with Gasteiger partial charge in [0, 0.05) is 28.8 Å². The molecule has 1 N–H and O–H groups in total. The monoisotopic (exact) mass is 572 g/mol. The molecular formula is C26H22BrClN2O6. The lowest BCUT2D eigenvalue weighted by Crippen LogP contribution is -2.28. The van der Waals surface area contributed by atoms with E-state index in [9.17, 15) is 14.4 Å². The van der Waals surface area contributed by atoms with Crippen LogP contribution in [0.5, 0.6) is 17.2 Å². The van der Waals surface area contributed by atoms with Gasteiger partial charge in [0.1, 0.15) is 17.2 Å². The summed E-state index contributed by atoms with van der Waals surface area (Å²) < 4.78 is 16.8. The van der Waals surface area contributed by atoms with E-state index in [1.165, 1.54) is 4.90 Å². The Balaban J connectivity index is 1.28. The molecule has 2 amide bonds. The van der Waals surface area contributed by atoms with Crippen molar-refractivity contribution >= 4 is 56.7 Å². The molecular weight excluding hydrogens is 552 g/mol. The fourth-order valence-electron chi connectivity index (χ4n) is 3.61. The molecule has 0 spiro atoms. The molecule has 3 aromatic rings. The Morgan fingerprint density at radius 2 is 1.67 bits per heavy atom. The minimum absolute atomic E-state index is 0.00682. The number of hydrogen-bond donors (Lipinski definition) is 1. The van der Waals surface area contributed by atoms with Crippen LogP contribution >= 0.6 is 27.5 Å². The van der Waals surface area contributed by atoms with Crippen molar-refractivity contribution in [3.63, 3.8) is 0 Å². The maximum absolute atomic E-state index is 12.5. The molecule has 0 aliphatic carbocycles. The van der Waals surface area contributed by atoms with E-state index >= 15 is 0 Å². The first-order valence-electron chi connectivity index (χ1n) is 11.0. The van der Waals surface area contributed by atoms with Crippen LogP contribution in [-0.4, -0.2) is 38.0 Å². The van der Waals surface area contributed by atoms with Gasteiger partial charge in [-0.05, 0) is 82.7 Å². The number of esters is 1. The van der Waals surface area contributed by atoms with Gasteiger partial charge in [-0.15, -0.1) is 0 Å². The number of rotatable bonds is 8. The number of ether oxygens (including phenoxy) is 3. The highest BCUT2D eigenvalue weighted by Gasteiger charge is 2.36. The molecule has 0 aromatic heterocycles. The lowest BCUT2D eigenvalue weighted by atomic mass is 10.1. The molecule has 1 saturated heterocycles. The number of nitrogens with one attached hydrogen (secondary N) is 1. The second-order valence-electron chi connectivity index (χ2n) is 7.96. The van der Waals surface area contributed by atoms with Crippen LogP contribution in [0.4, 0.5) is 11.4 Å². The summed E-state index contributed by atoms with van der Waals surface area (Å²) in [6, 6.07) is 19.1. The van der Waals surface area contributed by atoms with E-state index in [1.807, 2.05) is 0 Å². The summed E-state index contributed by atoms with van der Waals surface area (Å²) in [5.74, 6) is 0.0102. The Hall–Kier alpha value is -3.56. The van der Waals surface area contributed by atoms with Crippen LogP contribution in [0.1, 0.15) is 6.42 Å². The van der Waals surface area contributed by atoms with Gasteiger partial charge in [-0.25, -0.2) is 0 Å². The molecule has 0 unspecified atom stereocenters. The third kappa shape index (κ3) is 6.35. The number of amides is 2. The molecule has 8 nitrogen and oxygen atoms in total. The molecule has 0 bridgehead atoms. The van der Waals surface area contributed by atoms with Gasteiger partial charge in [-0.2, -0.15) is 0 Å². The lowest BCUT2D eigenvalue weighted by Gasteiger charge is -2.17. The number of nitrogens with zero attached hydrogens (tertiary/aromatic N) is 1. The topological polar surface area (TPSA) is 94.2 Å². The van der Waals surface area contributed by atoms with Gasteiger partial charge in [0.2, 0.25) is 5.91 Å². The molecule has 36 heavy (non-hydrogen) atoms. The Labute approximate surface area is 221 Å². The standard InChI is InChI=1S/C26H22BrClN2O6/c1-34-19-7-9-21(10-8-19)36-20-5-3-18(4-6-20)30-14-16(12-25(30)32)26(33)35-15-24(31)29-17-2-11-22(27)23(28)13-17/h2-11,13,16H,12,14-15H2,1H3,(H,29,31)/t16-/m0/s1. The molecule has 1 heterocycles. The summed E-state index contributed by atoms with van der Waals surface area (Å²) in [5, 5.41) is 3.05. The quantitative estimate of drug-likeness (QED) is 0.361. The van der Waals surface area contributed by atoms with Crippen molar-refractivity contribution in [2.24, 2.45) is 5.92 Å². The predicted molar refractivity (Wildman–Crippen MR) is 139 cm³/mol. The summed E-state index contributed by atoms with van der Waals surface area (Å²) in [6.07, 6.45) is 0.00682. The average Bonchev–Trinajstić information content (AvgIpc) is 3.27. The van der Waals surface area contributed by atoms with E-state index in [-0.39, 0.29) is 18.9 Å². The first-order valence-corrected chi connectivity index (χ1v) is 12.1. The van der Waals surface area contributed by atoms with E-state index in [0.717, 1.165) is 5.75 Å². The summed E-state index contributed by atoms with van der Waals surface area (Å²) in [4.78, 5) is 38.7. The smallest absolute Gasteiger partial charge is 0.311 e. The Morgan fingerprint density at radius 1 is 1.03 bits per heavy atom. The van der Waals surface area contributed by atoms with Gasteiger partial charge in [0.05, 0.1) is 18.1 Å². The predicted octanol–water partition coefficient (Wildman–Crippen LogP) is 5.44. The van der Waals surface area contributed by atoms with Crippen molar-refractivity contribution in [3.8, 4) is 17.2 Å². The minimum Gasteiger partial charge on any atom is -0.497 e. The van der Waals surface area contributed by atoms with Gasteiger partial charge in [0.25, 0.3) is 5.91 Å². The zero-order valence-corrected chi connectivity index (χ0v) is 21.5. The van der Waals surface area contributed by atoms with Crippen LogP contribution in [0.3, 0.4) is 0 Å². The fraction of sp³-hybridized carbons (Fsp3) is 0.192. The largest absolute Gasteiger partial charge is 0.497 e. The van der Waals surface area contributed by atoms with Crippen LogP contribution in [0.25, 0.3) is 0 Å². The van der Waals surface area contributed by atoms with Crippen molar-refractivity contribution in [3.05, 3.63) is 76.2 Å². The Morgan fingerprint density at radius 3 is 2.31 bits per heavy atom. The number of carbonyl (C=O) groups is 3. The van der Waals surface area contributed by atoms with Crippen molar-refractivity contribution in [2.45, 2.75) is 6.42 Å². The molecule has 1 fully saturated rings. The summed E-state index contributed by atoms with van der Waals surface area (Å²) >= 11 is 9.29. The van der Waals surface area contributed by atoms with Crippen LogP contribution in [-0.2, 0) is 19.1 Å². The van der Waals surface area contributed by atoms with E-state index in [4.69, 9.17) is 25.8 Å². The molecule has 4 rings (SSSR count). The summed E-state index contributed by atoms with van der Waals surface area (Å²) in [6.45, 7) is -0.297. The highest BCUT2D eigenvalue weighted by molar-refractivity contribution is 9.10. The summed E-state index contributed by atoms with van der Waals surface area (Å²) in [5.41, 5.74) is 1.12. The van der Waals surface area contributed by atoms with Crippen molar-refractivity contribution < 1.29 is 28.6 Å². The maximum Gasteiger partial charge on any atom is 0.311 e. The first-order chi connectivity index (χ1) is 17.3. The number of hydrogen-bond acceptors (Lipinski definition) is 6. The third-order valence-corrected chi connectivity index (χ3v) is 6.68. The van der Waals surface area contributed by atoms with Crippen LogP contribution < -0.4 is 19.7 Å². The Bertz CT molecular complexity index is 1270. The first kappa shape index (κ1) is 25.5. The van der Waals surface area contributed by atoms with Crippen LogP contribution in [0, 0.1) is 5.92 Å². The SMILES string of the molecule is COc1ccc(Oc2ccc(N3C[C@@H](C(=O)OCC(=O)Nc4ccc(Br)c(Cl)c4)CC3=O)cc2)cc1. The average molecular weight is 574 g/mol. The highest BCUT2D eigenvalue weighted by atomic mass is 79.9. The maximum atomic E-state index is 12.5. The van der Waals surface area contributed by atoms with Crippen molar-refractivity contribution in [1.82, 2.24) is 0 Å². The molecule has 1 aliphatic heterocycles. The molecule has 0 radical (unpaired) electrons. The number of carbonyl (C=O) groups excluding carboxylic acids is 3. The number of methoxy groups -OCH3 is 1. The zero-order chi connectivity index (χ0) is 25.7. The van der Waals surface area contributed by atoms with E-state index in [1.54, 1.807) is 73.8 Å². The molecule has 1 atom stereocenters. The molecule has 186 valence electrons. The van der Waals surface area contributed by atoms with Gasteiger partial charge in [-0.3, -0.25) is 14.4 Å². The molecule has 10 heteroatoms. The van der Waals surface area contributed by atoms with Gasteiger partial charge in [0.15, 0.2) is 6.61 Å². The summed E-state index contributed by atoms with van der Waals surface area (Å²) in [7, 11) is 1.59. The zero-order valence-electron chi connectivity index (χ0n) is 19.2. The molecule has 0 saturated carbocycles. The van der Waals surface area contributed by atoms with Gasteiger partial charge in [-0.1, -0.05) is 11.6 Å². The van der Waals surface area contributed by atoms with E-state index < -0.39 is 24.4 Å². The normalized spacial score (nSPS) is 14.9. The third-order valence-electron chi connectivity index (χ3n) is 5.45. The van der Waals surface area contributed by atoms with Gasteiger partial charge >= 0.3 is 5.97 Å². The van der Waals surface area contributed by atoms with Crippen LogP contribution in [0.2, 0.25) is 5.02 Å². The minimum atomic E-state index is -0.664. The molecule has 3 aromatic carbocycles. The van der Waals surface area contributed by atoms with Gasteiger partial charge < -0.3 is 24.4 Å². The van der Waals surface area contributed by atoms with Crippen molar-refractivity contribution in [1.29, 1.82) is 0 Å². The van der Waals surface area contributed by atoms with E-state index in [0.29, 0.717) is 32.4 Å². The van der Waals surface area contributed by atoms with Crippen LogP contribution in [0.15, 0.2) is 71.2 Å². The Kier molecular flexibility index (Phi) is 8.12. The molecule has 1 aliphatic rings. The highest BCUT2D eigenvalue weighted by Crippen LogP contribution is 2.30. The number of anilines is 2. The number of halogens is 2. The van der Waals surface area contributed by atoms with E-state index in [2.05, 4.69) is 21.2 Å². The fourth-order valence-corrected chi connectivity index (χ4v) is 4.04.